The Morgan fingerprint density at radius 2 is 2.00 bits per heavy atom. The Morgan fingerprint density at radius 1 is 1.25 bits per heavy atom. The van der Waals surface area contributed by atoms with Crippen LogP contribution in [0.1, 0.15) is 17.4 Å². The Labute approximate surface area is 113 Å². The van der Waals surface area contributed by atoms with E-state index in [1.807, 2.05) is 30.3 Å². The molecular formula is C12H10N6O2. The summed E-state index contributed by atoms with van der Waals surface area (Å²) >= 11 is 0. The van der Waals surface area contributed by atoms with Crippen LogP contribution in [0.3, 0.4) is 0 Å². The van der Waals surface area contributed by atoms with Crippen molar-refractivity contribution in [1.29, 1.82) is 0 Å². The molecule has 0 aliphatic heterocycles. The van der Waals surface area contributed by atoms with E-state index in [9.17, 15) is 4.79 Å². The zero-order valence-corrected chi connectivity index (χ0v) is 10.5. The minimum absolute atomic E-state index is 0.0715. The number of Topliss-reactive ketones (excluding diaryl/α,β-unsaturated/α-hetero) is 1. The topological polar surface area (TPSA) is 113 Å². The smallest absolute Gasteiger partial charge is 0.243 e. The van der Waals surface area contributed by atoms with Crippen LogP contribution in [0.4, 0.5) is 5.82 Å². The average molecular weight is 270 g/mol. The first-order valence-electron chi connectivity index (χ1n) is 5.79. The number of ketones is 1. The number of benzene rings is 1. The molecule has 20 heavy (non-hydrogen) atoms. The standard InChI is InChI=1S/C12H10N6O2/c1-7(19)9-10(8-5-3-2-4-6-8)18(17-14-9)12-11(13)15-20-16-12/h2-6H,1H3,(H2,13,15). The molecule has 0 unspecified atom stereocenters. The van der Waals surface area contributed by atoms with E-state index < -0.39 is 0 Å². The molecule has 1 aromatic carbocycles. The summed E-state index contributed by atoms with van der Waals surface area (Å²) < 4.78 is 5.91. The number of nitrogen functional groups attached to an aromatic ring is 1. The largest absolute Gasteiger partial charge is 0.378 e. The number of rotatable bonds is 3. The molecule has 8 heteroatoms. The van der Waals surface area contributed by atoms with Gasteiger partial charge in [0.15, 0.2) is 11.5 Å². The molecule has 0 saturated heterocycles. The van der Waals surface area contributed by atoms with Crippen LogP contribution in [0.15, 0.2) is 35.0 Å². The van der Waals surface area contributed by atoms with Crippen molar-refractivity contribution in [3.8, 4) is 17.1 Å². The van der Waals surface area contributed by atoms with E-state index in [0.29, 0.717) is 5.69 Å². The fraction of sp³-hybridized carbons (Fsp3) is 0.0833. The van der Waals surface area contributed by atoms with E-state index in [4.69, 9.17) is 5.73 Å². The van der Waals surface area contributed by atoms with E-state index in [0.717, 1.165) is 5.56 Å². The molecule has 2 N–H and O–H groups in total. The van der Waals surface area contributed by atoms with Gasteiger partial charge in [0.2, 0.25) is 11.6 Å². The fourth-order valence-corrected chi connectivity index (χ4v) is 1.86. The van der Waals surface area contributed by atoms with Crippen LogP contribution >= 0.6 is 0 Å². The maximum absolute atomic E-state index is 11.7. The first-order chi connectivity index (χ1) is 9.68. The minimum atomic E-state index is -0.204. The number of anilines is 1. The lowest BCUT2D eigenvalue weighted by Crippen LogP contribution is -2.04. The van der Waals surface area contributed by atoms with E-state index >= 15 is 0 Å². The molecule has 0 aliphatic rings. The van der Waals surface area contributed by atoms with E-state index in [-0.39, 0.29) is 23.1 Å². The quantitative estimate of drug-likeness (QED) is 0.709. The van der Waals surface area contributed by atoms with Gasteiger partial charge in [-0.1, -0.05) is 35.5 Å². The molecule has 0 saturated carbocycles. The van der Waals surface area contributed by atoms with E-state index in [1.54, 1.807) is 0 Å². The molecule has 3 aromatic rings. The first kappa shape index (κ1) is 12.0. The highest BCUT2D eigenvalue weighted by atomic mass is 16.6. The lowest BCUT2D eigenvalue weighted by Gasteiger charge is -2.04. The number of carbonyl (C=O) groups is 1. The zero-order chi connectivity index (χ0) is 14.1. The Kier molecular flexibility index (Phi) is 2.75. The van der Waals surface area contributed by atoms with E-state index in [1.165, 1.54) is 11.6 Å². The van der Waals surface area contributed by atoms with Gasteiger partial charge in [-0.25, -0.2) is 4.63 Å². The van der Waals surface area contributed by atoms with Crippen LogP contribution in [0, 0.1) is 0 Å². The van der Waals surface area contributed by atoms with Crippen molar-refractivity contribution in [2.75, 3.05) is 5.73 Å². The second-order valence-electron chi connectivity index (χ2n) is 4.09. The lowest BCUT2D eigenvalue weighted by atomic mass is 10.1. The first-order valence-corrected chi connectivity index (χ1v) is 5.79. The number of hydrogen-bond acceptors (Lipinski definition) is 7. The van der Waals surface area contributed by atoms with Crippen LogP contribution in [0.2, 0.25) is 0 Å². The molecule has 0 bridgehead atoms. The summed E-state index contributed by atoms with van der Waals surface area (Å²) in [5.74, 6) is 0.0659. The summed E-state index contributed by atoms with van der Waals surface area (Å²) in [4.78, 5) is 11.7. The summed E-state index contributed by atoms with van der Waals surface area (Å²) in [7, 11) is 0. The van der Waals surface area contributed by atoms with Gasteiger partial charge in [-0.15, -0.1) is 5.10 Å². The van der Waals surface area contributed by atoms with Crippen molar-refractivity contribution in [3.05, 3.63) is 36.0 Å². The predicted molar refractivity (Wildman–Crippen MR) is 69.1 cm³/mol. The summed E-state index contributed by atoms with van der Waals surface area (Å²) in [6, 6.07) is 9.25. The van der Waals surface area contributed by atoms with Crippen molar-refractivity contribution >= 4 is 11.6 Å². The molecule has 0 atom stereocenters. The van der Waals surface area contributed by atoms with Crippen molar-refractivity contribution in [2.24, 2.45) is 0 Å². The monoisotopic (exact) mass is 270 g/mol. The average Bonchev–Trinajstić information content (AvgIpc) is 3.05. The van der Waals surface area contributed by atoms with Crippen LogP contribution in [-0.2, 0) is 0 Å². The normalized spacial score (nSPS) is 10.7. The maximum Gasteiger partial charge on any atom is 0.243 e. The number of nitrogens with zero attached hydrogens (tertiary/aromatic N) is 5. The fourth-order valence-electron chi connectivity index (χ4n) is 1.86. The Hall–Kier alpha value is -3.03. The highest BCUT2D eigenvalue weighted by Crippen LogP contribution is 2.26. The van der Waals surface area contributed by atoms with Crippen molar-refractivity contribution in [2.45, 2.75) is 6.92 Å². The summed E-state index contributed by atoms with van der Waals surface area (Å²) in [5.41, 5.74) is 7.17. The molecule has 3 rings (SSSR count). The highest BCUT2D eigenvalue weighted by molar-refractivity contribution is 5.98. The van der Waals surface area contributed by atoms with Gasteiger partial charge in [0.05, 0.1) is 0 Å². The number of hydrogen-bond donors (Lipinski definition) is 1. The van der Waals surface area contributed by atoms with Crippen LogP contribution in [-0.4, -0.2) is 31.1 Å². The minimum Gasteiger partial charge on any atom is -0.378 e. The Morgan fingerprint density at radius 3 is 2.60 bits per heavy atom. The molecule has 0 amide bonds. The second-order valence-corrected chi connectivity index (χ2v) is 4.09. The second kappa shape index (κ2) is 4.57. The van der Waals surface area contributed by atoms with Gasteiger partial charge >= 0.3 is 0 Å². The third-order valence-electron chi connectivity index (χ3n) is 2.75. The van der Waals surface area contributed by atoms with Crippen LogP contribution in [0.5, 0.6) is 0 Å². The molecule has 2 aromatic heterocycles. The predicted octanol–water partition coefficient (Wildman–Crippen LogP) is 1.10. The maximum atomic E-state index is 11.7. The van der Waals surface area contributed by atoms with Gasteiger partial charge in [0.25, 0.3) is 0 Å². The van der Waals surface area contributed by atoms with Crippen molar-refractivity contribution < 1.29 is 9.42 Å². The van der Waals surface area contributed by atoms with Gasteiger partial charge in [0.1, 0.15) is 5.69 Å². The zero-order valence-electron chi connectivity index (χ0n) is 10.5. The Bertz CT molecular complexity index is 761. The molecule has 0 aliphatic carbocycles. The molecule has 0 fully saturated rings. The van der Waals surface area contributed by atoms with Crippen LogP contribution in [0.25, 0.3) is 17.1 Å². The lowest BCUT2D eigenvalue weighted by molar-refractivity contribution is 0.101. The molecule has 2 heterocycles. The number of carbonyl (C=O) groups excluding carboxylic acids is 1. The van der Waals surface area contributed by atoms with E-state index in [2.05, 4.69) is 25.3 Å². The van der Waals surface area contributed by atoms with Gasteiger partial charge in [-0.3, -0.25) is 4.79 Å². The third kappa shape index (κ3) is 1.83. The summed E-state index contributed by atoms with van der Waals surface area (Å²) in [6.45, 7) is 1.42. The molecule has 0 radical (unpaired) electrons. The van der Waals surface area contributed by atoms with Crippen molar-refractivity contribution in [3.63, 3.8) is 0 Å². The third-order valence-corrected chi connectivity index (χ3v) is 2.75. The van der Waals surface area contributed by atoms with Crippen molar-refractivity contribution in [1.82, 2.24) is 25.3 Å². The highest BCUT2D eigenvalue weighted by Gasteiger charge is 2.22. The van der Waals surface area contributed by atoms with Gasteiger partial charge in [-0.2, -0.15) is 4.68 Å². The summed E-state index contributed by atoms with van der Waals surface area (Å²) in [5, 5.41) is 15.0. The molecule has 0 spiro atoms. The van der Waals surface area contributed by atoms with Gasteiger partial charge in [-0.05, 0) is 10.3 Å². The SMILES string of the molecule is CC(=O)c1nnn(-c2nonc2N)c1-c1ccccc1. The van der Waals surface area contributed by atoms with Crippen LogP contribution < -0.4 is 5.73 Å². The molecule has 100 valence electrons. The molecule has 8 nitrogen and oxygen atoms in total. The van der Waals surface area contributed by atoms with Gasteiger partial charge in [0, 0.05) is 12.5 Å². The van der Waals surface area contributed by atoms with Gasteiger partial charge < -0.3 is 5.73 Å². The number of aromatic nitrogens is 5. The summed E-state index contributed by atoms with van der Waals surface area (Å²) in [6.07, 6.45) is 0. The Balaban J connectivity index is 2.27. The molecular weight excluding hydrogens is 260 g/mol. The number of nitrogens with two attached hydrogens (primary N) is 1.